The minimum absolute atomic E-state index is 0.102. The third-order valence-electron chi connectivity index (χ3n) is 4.45. The van der Waals surface area contributed by atoms with Crippen LogP contribution in [0.1, 0.15) is 50.2 Å². The molecule has 0 saturated heterocycles. The highest BCUT2D eigenvalue weighted by Crippen LogP contribution is 2.34. The second-order valence-electron chi connectivity index (χ2n) is 5.97. The van der Waals surface area contributed by atoms with Crippen LogP contribution in [0.15, 0.2) is 24.3 Å². The van der Waals surface area contributed by atoms with Crippen molar-refractivity contribution in [3.05, 3.63) is 35.4 Å². The van der Waals surface area contributed by atoms with Crippen molar-refractivity contribution in [2.24, 2.45) is 11.8 Å². The molecule has 2 N–H and O–H groups in total. The van der Waals surface area contributed by atoms with Crippen LogP contribution < -0.4 is 0 Å². The first kappa shape index (κ1) is 14.5. The lowest BCUT2D eigenvalue weighted by Gasteiger charge is -2.33. The van der Waals surface area contributed by atoms with Crippen molar-refractivity contribution in [2.75, 3.05) is 0 Å². The van der Waals surface area contributed by atoms with Crippen LogP contribution >= 0.6 is 0 Å². The van der Waals surface area contributed by atoms with Gasteiger partial charge in [0.1, 0.15) is 0 Å². The standard InChI is InChI=1S/C17H26O2/c1-2-3-13-8-9-17(19)16(10-13)11-14-4-6-15(12-18)7-5-14/h4-7,13,16-19H,2-3,8-12H2,1H3. The van der Waals surface area contributed by atoms with Gasteiger partial charge in [-0.3, -0.25) is 0 Å². The predicted octanol–water partition coefficient (Wildman–Crippen LogP) is 3.30. The zero-order chi connectivity index (χ0) is 13.7. The molecule has 3 unspecified atom stereocenters. The Labute approximate surface area is 116 Å². The molecule has 1 aliphatic rings. The van der Waals surface area contributed by atoms with Crippen LogP contribution in [-0.4, -0.2) is 16.3 Å². The minimum Gasteiger partial charge on any atom is -0.393 e. The van der Waals surface area contributed by atoms with Gasteiger partial charge in [-0.1, -0.05) is 44.0 Å². The molecule has 1 aromatic carbocycles. The first-order valence-corrected chi connectivity index (χ1v) is 7.59. The Kier molecular flexibility index (Phi) is 5.41. The summed E-state index contributed by atoms with van der Waals surface area (Å²) in [6.45, 7) is 2.35. The third-order valence-corrected chi connectivity index (χ3v) is 4.45. The second kappa shape index (κ2) is 7.06. The number of benzene rings is 1. The van der Waals surface area contributed by atoms with Crippen molar-refractivity contribution in [1.29, 1.82) is 0 Å². The predicted molar refractivity (Wildman–Crippen MR) is 77.8 cm³/mol. The lowest BCUT2D eigenvalue weighted by molar-refractivity contribution is 0.0463. The molecule has 2 nitrogen and oxygen atoms in total. The van der Waals surface area contributed by atoms with E-state index in [-0.39, 0.29) is 12.7 Å². The molecule has 2 heteroatoms. The van der Waals surface area contributed by atoms with Crippen LogP contribution in [0.4, 0.5) is 0 Å². The first-order chi connectivity index (χ1) is 9.22. The Morgan fingerprint density at radius 1 is 1.11 bits per heavy atom. The van der Waals surface area contributed by atoms with E-state index < -0.39 is 0 Å². The van der Waals surface area contributed by atoms with E-state index in [1.807, 2.05) is 12.1 Å². The molecule has 2 rings (SSSR count). The van der Waals surface area contributed by atoms with E-state index in [1.165, 1.54) is 24.8 Å². The molecule has 1 saturated carbocycles. The molecule has 19 heavy (non-hydrogen) atoms. The van der Waals surface area contributed by atoms with Crippen LogP contribution in [0.3, 0.4) is 0 Å². The summed E-state index contributed by atoms with van der Waals surface area (Å²) < 4.78 is 0. The molecule has 0 bridgehead atoms. The van der Waals surface area contributed by atoms with Gasteiger partial charge < -0.3 is 10.2 Å². The molecule has 1 aromatic rings. The summed E-state index contributed by atoms with van der Waals surface area (Å²) in [6, 6.07) is 8.13. The Balaban J connectivity index is 1.95. The van der Waals surface area contributed by atoms with Crippen molar-refractivity contribution in [3.8, 4) is 0 Å². The molecule has 0 aromatic heterocycles. The summed E-state index contributed by atoms with van der Waals surface area (Å²) in [5, 5.41) is 19.2. The molecular weight excluding hydrogens is 236 g/mol. The van der Waals surface area contributed by atoms with Crippen molar-refractivity contribution in [1.82, 2.24) is 0 Å². The second-order valence-corrected chi connectivity index (χ2v) is 5.97. The summed E-state index contributed by atoms with van der Waals surface area (Å²) in [5.74, 6) is 1.21. The highest BCUT2D eigenvalue weighted by atomic mass is 16.3. The van der Waals surface area contributed by atoms with Crippen LogP contribution in [0.25, 0.3) is 0 Å². The van der Waals surface area contributed by atoms with Gasteiger partial charge in [-0.25, -0.2) is 0 Å². The Morgan fingerprint density at radius 2 is 1.79 bits per heavy atom. The molecule has 0 amide bonds. The largest absolute Gasteiger partial charge is 0.393 e. The molecule has 0 radical (unpaired) electrons. The van der Waals surface area contributed by atoms with E-state index in [1.54, 1.807) is 0 Å². The minimum atomic E-state index is -0.134. The van der Waals surface area contributed by atoms with E-state index >= 15 is 0 Å². The number of aliphatic hydroxyl groups excluding tert-OH is 2. The molecule has 0 heterocycles. The van der Waals surface area contributed by atoms with Gasteiger partial charge in [0, 0.05) is 0 Å². The molecule has 0 spiro atoms. The van der Waals surface area contributed by atoms with E-state index in [0.29, 0.717) is 5.92 Å². The lowest BCUT2D eigenvalue weighted by atomic mass is 9.75. The molecule has 3 atom stereocenters. The normalized spacial score (nSPS) is 27.4. The molecule has 0 aliphatic heterocycles. The van der Waals surface area contributed by atoms with Gasteiger partial charge in [0.05, 0.1) is 12.7 Å². The van der Waals surface area contributed by atoms with E-state index in [0.717, 1.165) is 30.7 Å². The Bertz CT molecular complexity index is 371. The molecular formula is C17H26O2. The first-order valence-electron chi connectivity index (χ1n) is 7.59. The van der Waals surface area contributed by atoms with Gasteiger partial charge in [0.15, 0.2) is 0 Å². The fourth-order valence-corrected chi connectivity index (χ4v) is 3.32. The summed E-state index contributed by atoms with van der Waals surface area (Å²) in [4.78, 5) is 0. The number of hydrogen-bond donors (Lipinski definition) is 2. The Morgan fingerprint density at radius 3 is 2.42 bits per heavy atom. The zero-order valence-electron chi connectivity index (χ0n) is 11.9. The van der Waals surface area contributed by atoms with Gasteiger partial charge in [0.2, 0.25) is 0 Å². The maximum absolute atomic E-state index is 10.2. The fourth-order valence-electron chi connectivity index (χ4n) is 3.32. The maximum Gasteiger partial charge on any atom is 0.0681 e. The zero-order valence-corrected chi connectivity index (χ0v) is 11.9. The average Bonchev–Trinajstić information content (AvgIpc) is 2.44. The topological polar surface area (TPSA) is 40.5 Å². The average molecular weight is 262 g/mol. The number of hydrogen-bond acceptors (Lipinski definition) is 2. The number of rotatable bonds is 5. The van der Waals surface area contributed by atoms with Crippen molar-refractivity contribution in [3.63, 3.8) is 0 Å². The van der Waals surface area contributed by atoms with Crippen LogP contribution in [-0.2, 0) is 13.0 Å². The summed E-state index contributed by atoms with van der Waals surface area (Å²) in [6.07, 6.45) is 6.69. The van der Waals surface area contributed by atoms with Crippen LogP contribution in [0.2, 0.25) is 0 Å². The van der Waals surface area contributed by atoms with Gasteiger partial charge >= 0.3 is 0 Å². The summed E-state index contributed by atoms with van der Waals surface area (Å²) in [7, 11) is 0. The quantitative estimate of drug-likeness (QED) is 0.854. The number of aliphatic hydroxyl groups is 2. The Hall–Kier alpha value is -0.860. The van der Waals surface area contributed by atoms with Gasteiger partial charge in [0.25, 0.3) is 0 Å². The highest BCUT2D eigenvalue weighted by Gasteiger charge is 2.28. The van der Waals surface area contributed by atoms with E-state index in [9.17, 15) is 5.11 Å². The summed E-state index contributed by atoms with van der Waals surface area (Å²) >= 11 is 0. The van der Waals surface area contributed by atoms with Crippen LogP contribution in [0.5, 0.6) is 0 Å². The smallest absolute Gasteiger partial charge is 0.0681 e. The lowest BCUT2D eigenvalue weighted by Crippen LogP contribution is -2.30. The molecule has 1 fully saturated rings. The molecule has 106 valence electrons. The molecule has 1 aliphatic carbocycles. The van der Waals surface area contributed by atoms with Gasteiger partial charge in [-0.2, -0.15) is 0 Å². The van der Waals surface area contributed by atoms with Crippen molar-refractivity contribution < 1.29 is 10.2 Å². The monoisotopic (exact) mass is 262 g/mol. The summed E-state index contributed by atoms with van der Waals surface area (Å²) in [5.41, 5.74) is 2.23. The van der Waals surface area contributed by atoms with E-state index in [4.69, 9.17) is 5.11 Å². The highest BCUT2D eigenvalue weighted by molar-refractivity contribution is 5.22. The SMILES string of the molecule is CCCC1CCC(O)C(Cc2ccc(CO)cc2)C1. The van der Waals surface area contributed by atoms with Crippen LogP contribution in [0, 0.1) is 11.8 Å². The fraction of sp³-hybridized carbons (Fsp3) is 0.647. The third kappa shape index (κ3) is 4.05. The van der Waals surface area contributed by atoms with Gasteiger partial charge in [-0.05, 0) is 48.6 Å². The van der Waals surface area contributed by atoms with Gasteiger partial charge in [-0.15, -0.1) is 0 Å². The maximum atomic E-state index is 10.2. The van der Waals surface area contributed by atoms with E-state index in [2.05, 4.69) is 19.1 Å². The van der Waals surface area contributed by atoms with Crippen molar-refractivity contribution >= 4 is 0 Å². The van der Waals surface area contributed by atoms with Crippen molar-refractivity contribution in [2.45, 2.75) is 58.2 Å².